The highest BCUT2D eigenvalue weighted by atomic mass is 35.5. The van der Waals surface area contributed by atoms with Gasteiger partial charge in [-0.15, -0.1) is 0 Å². The van der Waals surface area contributed by atoms with Crippen molar-refractivity contribution in [3.05, 3.63) is 28.8 Å². The van der Waals surface area contributed by atoms with Crippen LogP contribution in [0, 0.1) is 5.92 Å². The number of carbonyl (C=O) groups excluding carboxylic acids is 2. The summed E-state index contributed by atoms with van der Waals surface area (Å²) in [6, 6.07) is 4.79. The van der Waals surface area contributed by atoms with Gasteiger partial charge in [0.25, 0.3) is 0 Å². The van der Waals surface area contributed by atoms with Crippen LogP contribution in [0.4, 0.5) is 5.69 Å². The third kappa shape index (κ3) is 5.73. The molecule has 2 unspecified atom stereocenters. The Balaban J connectivity index is 2.58. The summed E-state index contributed by atoms with van der Waals surface area (Å²) in [5.74, 6) is -0.789. The maximum Gasteiger partial charge on any atom is 0.250 e. The first-order chi connectivity index (χ1) is 9.81. The molecular weight excluding hydrogens is 290 g/mol. The molecule has 21 heavy (non-hydrogen) atoms. The van der Waals surface area contributed by atoms with E-state index in [9.17, 15) is 9.59 Å². The molecule has 116 valence electrons. The van der Waals surface area contributed by atoms with Crippen molar-refractivity contribution in [2.75, 3.05) is 5.32 Å². The van der Waals surface area contributed by atoms with Gasteiger partial charge in [-0.25, -0.2) is 0 Å². The number of hydrogen-bond acceptors (Lipinski definition) is 3. The Morgan fingerprint density at radius 1 is 1.29 bits per heavy atom. The van der Waals surface area contributed by atoms with Crippen molar-refractivity contribution in [2.24, 2.45) is 17.4 Å². The largest absolute Gasteiger partial charge is 0.366 e. The van der Waals surface area contributed by atoms with Crippen LogP contribution in [0.25, 0.3) is 0 Å². The number of halogens is 1. The first-order valence-corrected chi connectivity index (χ1v) is 7.35. The molecule has 2 amide bonds. The lowest BCUT2D eigenvalue weighted by molar-refractivity contribution is -0.119. The number of nitrogens with one attached hydrogen (secondary N) is 1. The van der Waals surface area contributed by atoms with Gasteiger partial charge < -0.3 is 16.8 Å². The van der Waals surface area contributed by atoms with Gasteiger partial charge in [-0.3, -0.25) is 9.59 Å². The van der Waals surface area contributed by atoms with Gasteiger partial charge in [-0.1, -0.05) is 24.9 Å². The number of rotatable bonds is 7. The van der Waals surface area contributed by atoms with E-state index in [0.717, 1.165) is 19.3 Å². The summed E-state index contributed by atoms with van der Waals surface area (Å²) >= 11 is 5.94. The van der Waals surface area contributed by atoms with E-state index in [0.29, 0.717) is 5.69 Å². The Labute approximate surface area is 130 Å². The summed E-state index contributed by atoms with van der Waals surface area (Å²) in [6.45, 7) is 3.82. The zero-order chi connectivity index (χ0) is 16.0. The predicted octanol–water partition coefficient (Wildman–Crippen LogP) is 2.53. The van der Waals surface area contributed by atoms with Gasteiger partial charge in [0, 0.05) is 17.6 Å². The Morgan fingerprint density at radius 2 is 1.95 bits per heavy atom. The normalized spacial score (nSPS) is 13.5. The fourth-order valence-corrected chi connectivity index (χ4v) is 2.21. The summed E-state index contributed by atoms with van der Waals surface area (Å²) in [4.78, 5) is 23.1. The molecule has 0 fully saturated rings. The Hall–Kier alpha value is -1.59. The van der Waals surface area contributed by atoms with Crippen LogP contribution in [0.2, 0.25) is 5.02 Å². The number of primary amides is 1. The number of amides is 2. The van der Waals surface area contributed by atoms with E-state index < -0.39 is 5.91 Å². The first kappa shape index (κ1) is 17.5. The SMILES string of the molecule is CC(N)CCCC(C)C(=O)Nc1ccc(C(N)=O)c(Cl)c1. The second kappa shape index (κ2) is 8.00. The van der Waals surface area contributed by atoms with E-state index >= 15 is 0 Å². The number of benzene rings is 1. The van der Waals surface area contributed by atoms with Crippen molar-refractivity contribution in [3.63, 3.8) is 0 Å². The monoisotopic (exact) mass is 311 g/mol. The van der Waals surface area contributed by atoms with Gasteiger partial charge >= 0.3 is 0 Å². The molecule has 0 spiro atoms. The van der Waals surface area contributed by atoms with Crippen molar-refractivity contribution < 1.29 is 9.59 Å². The zero-order valence-corrected chi connectivity index (χ0v) is 13.1. The highest BCUT2D eigenvalue weighted by Crippen LogP contribution is 2.21. The van der Waals surface area contributed by atoms with Crippen LogP contribution >= 0.6 is 11.6 Å². The molecule has 0 heterocycles. The molecule has 0 aliphatic rings. The molecule has 5 N–H and O–H groups in total. The second-order valence-corrected chi connectivity index (χ2v) is 5.76. The van der Waals surface area contributed by atoms with Crippen molar-refractivity contribution >= 4 is 29.1 Å². The van der Waals surface area contributed by atoms with E-state index in [4.69, 9.17) is 23.1 Å². The van der Waals surface area contributed by atoms with Crippen LogP contribution < -0.4 is 16.8 Å². The van der Waals surface area contributed by atoms with Crippen molar-refractivity contribution in [2.45, 2.75) is 39.2 Å². The van der Waals surface area contributed by atoms with Gasteiger partial charge in [-0.05, 0) is 38.0 Å². The third-order valence-electron chi connectivity index (χ3n) is 3.25. The van der Waals surface area contributed by atoms with Crippen LogP contribution in [0.1, 0.15) is 43.5 Å². The van der Waals surface area contributed by atoms with Crippen LogP contribution in [-0.2, 0) is 4.79 Å². The van der Waals surface area contributed by atoms with Gasteiger partial charge in [0.2, 0.25) is 11.8 Å². The quantitative estimate of drug-likeness (QED) is 0.721. The van der Waals surface area contributed by atoms with E-state index in [-0.39, 0.29) is 28.5 Å². The van der Waals surface area contributed by atoms with E-state index in [1.54, 1.807) is 6.07 Å². The number of anilines is 1. The van der Waals surface area contributed by atoms with Crippen molar-refractivity contribution in [1.29, 1.82) is 0 Å². The molecule has 0 aliphatic heterocycles. The fraction of sp³-hybridized carbons (Fsp3) is 0.467. The second-order valence-electron chi connectivity index (χ2n) is 5.36. The van der Waals surface area contributed by atoms with Crippen molar-refractivity contribution in [3.8, 4) is 0 Å². The summed E-state index contributed by atoms with van der Waals surface area (Å²) < 4.78 is 0. The Bertz CT molecular complexity index is 518. The Kier molecular flexibility index (Phi) is 6.65. The van der Waals surface area contributed by atoms with Gasteiger partial charge in [0.15, 0.2) is 0 Å². The summed E-state index contributed by atoms with van der Waals surface area (Å²) in [7, 11) is 0. The average molecular weight is 312 g/mol. The molecule has 1 aromatic rings. The van der Waals surface area contributed by atoms with Crippen LogP contribution in [0.3, 0.4) is 0 Å². The topological polar surface area (TPSA) is 98.2 Å². The molecular formula is C15H22ClN3O2. The van der Waals surface area contributed by atoms with Gasteiger partial charge in [0.05, 0.1) is 10.6 Å². The molecule has 0 saturated carbocycles. The summed E-state index contributed by atoms with van der Waals surface area (Å²) in [6.07, 6.45) is 2.59. The Morgan fingerprint density at radius 3 is 2.48 bits per heavy atom. The summed E-state index contributed by atoms with van der Waals surface area (Å²) in [5.41, 5.74) is 11.6. The predicted molar refractivity (Wildman–Crippen MR) is 85.3 cm³/mol. The third-order valence-corrected chi connectivity index (χ3v) is 3.56. The number of hydrogen-bond donors (Lipinski definition) is 3. The minimum atomic E-state index is -0.595. The number of nitrogens with two attached hydrogens (primary N) is 2. The number of carbonyl (C=O) groups is 2. The summed E-state index contributed by atoms with van der Waals surface area (Å²) in [5, 5.41) is 3.01. The molecule has 2 atom stereocenters. The molecule has 1 rings (SSSR count). The zero-order valence-electron chi connectivity index (χ0n) is 12.4. The minimum Gasteiger partial charge on any atom is -0.366 e. The molecule has 0 saturated heterocycles. The van der Waals surface area contributed by atoms with Crippen LogP contribution in [0.15, 0.2) is 18.2 Å². The van der Waals surface area contributed by atoms with Crippen LogP contribution in [0.5, 0.6) is 0 Å². The highest BCUT2D eigenvalue weighted by Gasteiger charge is 2.14. The first-order valence-electron chi connectivity index (χ1n) is 6.97. The lowest BCUT2D eigenvalue weighted by Crippen LogP contribution is -2.21. The molecule has 1 aromatic carbocycles. The van der Waals surface area contributed by atoms with E-state index in [2.05, 4.69) is 5.32 Å². The molecule has 6 heteroatoms. The van der Waals surface area contributed by atoms with E-state index in [1.165, 1.54) is 12.1 Å². The lowest BCUT2D eigenvalue weighted by atomic mass is 10.0. The lowest BCUT2D eigenvalue weighted by Gasteiger charge is -2.13. The standard InChI is InChI=1S/C15H22ClN3O2/c1-9(4-3-5-10(2)17)15(21)19-11-6-7-12(14(18)20)13(16)8-11/h6-10H,3-5,17H2,1-2H3,(H2,18,20)(H,19,21). The fourth-order valence-electron chi connectivity index (χ4n) is 1.94. The maximum atomic E-state index is 12.0. The van der Waals surface area contributed by atoms with E-state index in [1.807, 2.05) is 13.8 Å². The molecule has 5 nitrogen and oxygen atoms in total. The molecule has 0 aromatic heterocycles. The smallest absolute Gasteiger partial charge is 0.250 e. The van der Waals surface area contributed by atoms with Gasteiger partial charge in [0.1, 0.15) is 0 Å². The minimum absolute atomic E-state index is 0.0810. The molecule has 0 bridgehead atoms. The maximum absolute atomic E-state index is 12.0. The molecule has 0 radical (unpaired) electrons. The van der Waals surface area contributed by atoms with Crippen molar-refractivity contribution in [1.82, 2.24) is 0 Å². The van der Waals surface area contributed by atoms with Gasteiger partial charge in [-0.2, -0.15) is 0 Å². The highest BCUT2D eigenvalue weighted by molar-refractivity contribution is 6.34. The average Bonchev–Trinajstić information content (AvgIpc) is 2.37. The van der Waals surface area contributed by atoms with Crippen LogP contribution in [-0.4, -0.2) is 17.9 Å². The molecule has 0 aliphatic carbocycles.